The third kappa shape index (κ3) is 12.1. The van der Waals surface area contributed by atoms with Gasteiger partial charge in [0.1, 0.15) is 11.5 Å². The Bertz CT molecular complexity index is 1360. The van der Waals surface area contributed by atoms with Gasteiger partial charge in [0.05, 0.1) is 13.2 Å². The standard InChI is InChI=1S/C40H52O8/c1-6-35(41)45-28-12-8-10-14-37(43)47-33-20-16-30(17-21-33)39(3,4)31-24-26-40(5,27-25-31)32-18-22-34(23-19-32)48-38(44)15-11-9-13-29-46-36(42)7-2/h6-7,16-23,31H,1-2,8-15,24-29H2,3-5H3. The number of rotatable bonds is 19. The maximum absolute atomic E-state index is 12.3. The molecule has 8 heteroatoms. The number of ether oxygens (including phenoxy) is 4. The van der Waals surface area contributed by atoms with Gasteiger partial charge in [0.2, 0.25) is 0 Å². The average Bonchev–Trinajstić information content (AvgIpc) is 3.08. The minimum Gasteiger partial charge on any atom is -0.463 e. The molecule has 1 fully saturated rings. The summed E-state index contributed by atoms with van der Waals surface area (Å²) in [4.78, 5) is 46.7. The first-order valence-electron chi connectivity index (χ1n) is 17.2. The fraction of sp³-hybridized carbons (Fsp3) is 0.500. The molecule has 260 valence electrons. The van der Waals surface area contributed by atoms with E-state index in [1.54, 1.807) is 0 Å². The molecule has 2 aromatic carbocycles. The number of unbranched alkanes of at least 4 members (excludes halogenated alkanes) is 4. The van der Waals surface area contributed by atoms with Gasteiger partial charge >= 0.3 is 23.9 Å². The van der Waals surface area contributed by atoms with Gasteiger partial charge in [-0.25, -0.2) is 9.59 Å². The first-order chi connectivity index (χ1) is 23.0. The highest BCUT2D eigenvalue weighted by Crippen LogP contribution is 2.48. The van der Waals surface area contributed by atoms with Gasteiger partial charge in [-0.1, -0.05) is 58.2 Å². The lowest BCUT2D eigenvalue weighted by Crippen LogP contribution is -2.36. The van der Waals surface area contributed by atoms with Gasteiger partial charge in [-0.2, -0.15) is 0 Å². The van der Waals surface area contributed by atoms with Crippen LogP contribution in [0.2, 0.25) is 0 Å². The first-order valence-corrected chi connectivity index (χ1v) is 17.2. The Morgan fingerprint density at radius 3 is 1.58 bits per heavy atom. The summed E-state index contributed by atoms with van der Waals surface area (Å²) in [5.41, 5.74) is 2.51. The summed E-state index contributed by atoms with van der Waals surface area (Å²) in [5, 5.41) is 0. The molecule has 0 saturated heterocycles. The van der Waals surface area contributed by atoms with Crippen molar-refractivity contribution in [3.05, 3.63) is 85.0 Å². The van der Waals surface area contributed by atoms with E-state index < -0.39 is 11.9 Å². The van der Waals surface area contributed by atoms with Crippen LogP contribution >= 0.6 is 0 Å². The van der Waals surface area contributed by atoms with Gasteiger partial charge < -0.3 is 18.9 Å². The molecule has 3 rings (SSSR count). The van der Waals surface area contributed by atoms with Crippen molar-refractivity contribution in [2.24, 2.45) is 5.92 Å². The van der Waals surface area contributed by atoms with E-state index in [4.69, 9.17) is 18.9 Å². The number of carbonyl (C=O) groups excluding carboxylic acids is 4. The summed E-state index contributed by atoms with van der Waals surface area (Å²) >= 11 is 0. The van der Waals surface area contributed by atoms with Crippen LogP contribution in [0.4, 0.5) is 0 Å². The molecule has 0 amide bonds. The third-order valence-corrected chi connectivity index (χ3v) is 9.60. The monoisotopic (exact) mass is 660 g/mol. The molecule has 0 aliphatic heterocycles. The van der Waals surface area contributed by atoms with Crippen LogP contribution in [-0.2, 0) is 39.5 Å². The van der Waals surface area contributed by atoms with Crippen molar-refractivity contribution in [1.82, 2.24) is 0 Å². The molecule has 0 unspecified atom stereocenters. The van der Waals surface area contributed by atoms with Gasteiger partial charge in [0, 0.05) is 25.0 Å². The Labute approximate surface area is 285 Å². The van der Waals surface area contributed by atoms with Crippen molar-refractivity contribution in [1.29, 1.82) is 0 Å². The zero-order valence-electron chi connectivity index (χ0n) is 28.9. The molecule has 0 N–H and O–H groups in total. The molecule has 0 heterocycles. The second-order valence-electron chi connectivity index (χ2n) is 13.4. The molecule has 0 atom stereocenters. The normalized spacial score (nSPS) is 17.5. The van der Waals surface area contributed by atoms with Crippen molar-refractivity contribution in [3.63, 3.8) is 0 Å². The Morgan fingerprint density at radius 2 is 1.15 bits per heavy atom. The summed E-state index contributed by atoms with van der Waals surface area (Å²) in [7, 11) is 0. The topological polar surface area (TPSA) is 105 Å². The lowest BCUT2D eigenvalue weighted by atomic mass is 9.60. The maximum Gasteiger partial charge on any atom is 0.330 e. The van der Waals surface area contributed by atoms with E-state index in [1.807, 2.05) is 24.3 Å². The molecule has 2 aromatic rings. The Balaban J connectivity index is 1.41. The second-order valence-corrected chi connectivity index (χ2v) is 13.4. The van der Waals surface area contributed by atoms with Crippen LogP contribution in [0.1, 0.15) is 109 Å². The smallest absolute Gasteiger partial charge is 0.330 e. The molecular formula is C40H52O8. The van der Waals surface area contributed by atoms with Crippen LogP contribution in [0.5, 0.6) is 11.5 Å². The van der Waals surface area contributed by atoms with Crippen molar-refractivity contribution in [3.8, 4) is 11.5 Å². The molecular weight excluding hydrogens is 608 g/mol. The van der Waals surface area contributed by atoms with Crippen LogP contribution in [0.15, 0.2) is 73.8 Å². The Morgan fingerprint density at radius 1 is 0.708 bits per heavy atom. The summed E-state index contributed by atoms with van der Waals surface area (Å²) in [6, 6.07) is 15.9. The predicted molar refractivity (Wildman–Crippen MR) is 186 cm³/mol. The largest absolute Gasteiger partial charge is 0.463 e. The molecule has 1 aliphatic carbocycles. The first kappa shape index (κ1) is 38.2. The number of carbonyl (C=O) groups is 4. The summed E-state index contributed by atoms with van der Waals surface area (Å²) in [6.07, 6.45) is 11.5. The van der Waals surface area contributed by atoms with Gasteiger partial charge in [0.15, 0.2) is 0 Å². The quantitative estimate of drug-likeness (QED) is 0.0639. The molecule has 0 aromatic heterocycles. The molecule has 48 heavy (non-hydrogen) atoms. The molecule has 8 nitrogen and oxygen atoms in total. The highest BCUT2D eigenvalue weighted by Gasteiger charge is 2.39. The number of hydrogen-bond donors (Lipinski definition) is 0. The van der Waals surface area contributed by atoms with Crippen LogP contribution in [0.3, 0.4) is 0 Å². The van der Waals surface area contributed by atoms with Crippen LogP contribution < -0.4 is 9.47 Å². The van der Waals surface area contributed by atoms with Gasteiger partial charge in [-0.15, -0.1) is 0 Å². The fourth-order valence-corrected chi connectivity index (χ4v) is 6.30. The number of esters is 4. The summed E-state index contributed by atoms with van der Waals surface area (Å²) in [6.45, 7) is 14.3. The van der Waals surface area contributed by atoms with Crippen LogP contribution in [-0.4, -0.2) is 37.1 Å². The van der Waals surface area contributed by atoms with Gasteiger partial charge in [-0.05, 0) is 116 Å². The predicted octanol–water partition coefficient (Wildman–Crippen LogP) is 8.50. The SMILES string of the molecule is C=CC(=O)OCCCCCC(=O)Oc1ccc(C2(C)CCC(C(C)(C)c3ccc(OC(=O)CCCCCOC(=O)C=C)cc3)CC2)cc1. The maximum atomic E-state index is 12.3. The highest BCUT2D eigenvalue weighted by molar-refractivity contribution is 5.81. The van der Waals surface area contributed by atoms with Crippen molar-refractivity contribution in [2.75, 3.05) is 13.2 Å². The van der Waals surface area contributed by atoms with Gasteiger partial charge in [-0.3, -0.25) is 9.59 Å². The highest BCUT2D eigenvalue weighted by atomic mass is 16.5. The van der Waals surface area contributed by atoms with E-state index in [-0.39, 0.29) is 22.8 Å². The average molecular weight is 661 g/mol. The minimum atomic E-state index is -0.431. The fourth-order valence-electron chi connectivity index (χ4n) is 6.30. The zero-order chi connectivity index (χ0) is 35.0. The Kier molecular flexibility index (Phi) is 15.1. The third-order valence-electron chi connectivity index (χ3n) is 9.60. The molecule has 0 bridgehead atoms. The molecule has 0 spiro atoms. The van der Waals surface area contributed by atoms with Crippen molar-refractivity contribution < 1.29 is 38.1 Å². The van der Waals surface area contributed by atoms with Gasteiger partial charge in [0.25, 0.3) is 0 Å². The van der Waals surface area contributed by atoms with Crippen molar-refractivity contribution in [2.45, 2.75) is 109 Å². The Hall–Kier alpha value is -4.20. The van der Waals surface area contributed by atoms with E-state index in [9.17, 15) is 19.2 Å². The van der Waals surface area contributed by atoms with E-state index in [1.165, 1.54) is 11.1 Å². The molecule has 1 saturated carbocycles. The van der Waals surface area contributed by atoms with E-state index in [2.05, 4.69) is 58.2 Å². The van der Waals surface area contributed by atoms with Crippen LogP contribution in [0.25, 0.3) is 0 Å². The zero-order valence-corrected chi connectivity index (χ0v) is 28.9. The second kappa shape index (κ2) is 19.0. The summed E-state index contributed by atoms with van der Waals surface area (Å²) in [5.74, 6) is 0.233. The van der Waals surface area contributed by atoms with E-state index in [0.29, 0.717) is 69.2 Å². The lowest BCUT2D eigenvalue weighted by Gasteiger charge is -2.44. The summed E-state index contributed by atoms with van der Waals surface area (Å²) < 4.78 is 21.0. The molecule has 1 aliphatic rings. The van der Waals surface area contributed by atoms with Crippen LogP contribution in [0, 0.1) is 5.92 Å². The number of hydrogen-bond acceptors (Lipinski definition) is 8. The minimum absolute atomic E-state index is 0.0347. The number of benzene rings is 2. The van der Waals surface area contributed by atoms with E-state index in [0.717, 1.165) is 50.7 Å². The van der Waals surface area contributed by atoms with Crippen molar-refractivity contribution >= 4 is 23.9 Å². The molecule has 0 radical (unpaired) electrons. The van der Waals surface area contributed by atoms with E-state index >= 15 is 0 Å². The lowest BCUT2D eigenvalue weighted by molar-refractivity contribution is -0.138.